The van der Waals surface area contributed by atoms with Crippen LogP contribution in [0, 0.1) is 17.8 Å². The molecule has 1 aliphatic rings. The van der Waals surface area contributed by atoms with Gasteiger partial charge in [-0.3, -0.25) is 0 Å². The van der Waals surface area contributed by atoms with Crippen molar-refractivity contribution < 1.29 is 4.74 Å². The number of hydrogen-bond donors (Lipinski definition) is 1. The van der Waals surface area contributed by atoms with Crippen LogP contribution < -0.4 is 5.32 Å². The highest BCUT2D eigenvalue weighted by Gasteiger charge is 2.23. The predicted octanol–water partition coefficient (Wildman–Crippen LogP) is 3.78. The fourth-order valence-electron chi connectivity index (χ4n) is 3.07. The monoisotopic (exact) mass is 261 g/mol. The summed E-state index contributed by atoms with van der Waals surface area (Å²) in [6.07, 6.45) is 0. The molecule has 0 aliphatic carbocycles. The number of ether oxygens (including phenoxy) is 1. The molecule has 0 saturated carbocycles. The Hall–Kier alpha value is -0.860. The van der Waals surface area contributed by atoms with E-state index in [4.69, 9.17) is 4.74 Å². The first-order chi connectivity index (χ1) is 9.09. The lowest BCUT2D eigenvalue weighted by Crippen LogP contribution is -2.36. The second-order valence-electron chi connectivity index (χ2n) is 6.33. The third-order valence-corrected chi connectivity index (χ3v) is 4.29. The summed E-state index contributed by atoms with van der Waals surface area (Å²) in [6.45, 7) is 11.9. The second kappa shape index (κ2) is 6.53. The van der Waals surface area contributed by atoms with Crippen LogP contribution in [0.5, 0.6) is 0 Å². The van der Waals surface area contributed by atoms with Gasteiger partial charge < -0.3 is 10.1 Å². The van der Waals surface area contributed by atoms with Crippen molar-refractivity contribution in [3.63, 3.8) is 0 Å². The minimum atomic E-state index is 0.352. The number of hydrogen-bond acceptors (Lipinski definition) is 2. The minimum Gasteiger partial charge on any atom is -0.375 e. The zero-order chi connectivity index (χ0) is 13.8. The van der Waals surface area contributed by atoms with Crippen molar-refractivity contribution in [2.24, 2.45) is 17.8 Å². The molecule has 2 nitrogen and oxygen atoms in total. The summed E-state index contributed by atoms with van der Waals surface area (Å²) >= 11 is 0. The summed E-state index contributed by atoms with van der Waals surface area (Å²) in [5.74, 6) is 2.15. The zero-order valence-corrected chi connectivity index (χ0v) is 12.6. The highest BCUT2D eigenvalue weighted by molar-refractivity contribution is 5.31. The molecule has 0 saturated heterocycles. The molecule has 2 rings (SSSR count). The summed E-state index contributed by atoms with van der Waals surface area (Å²) in [4.78, 5) is 0. The van der Waals surface area contributed by atoms with Crippen LogP contribution in [0.3, 0.4) is 0 Å². The fraction of sp³-hybridized carbons (Fsp3) is 0.647. The van der Waals surface area contributed by atoms with Gasteiger partial charge >= 0.3 is 0 Å². The van der Waals surface area contributed by atoms with E-state index < -0.39 is 0 Å². The second-order valence-corrected chi connectivity index (χ2v) is 6.33. The van der Waals surface area contributed by atoms with Crippen LogP contribution in [-0.4, -0.2) is 13.2 Å². The lowest BCUT2D eigenvalue weighted by molar-refractivity contribution is 0.0787. The van der Waals surface area contributed by atoms with Crippen LogP contribution in [0.2, 0.25) is 0 Å². The zero-order valence-electron chi connectivity index (χ0n) is 12.6. The first kappa shape index (κ1) is 14.5. The smallest absolute Gasteiger partial charge is 0.0721 e. The Morgan fingerprint density at radius 3 is 2.53 bits per heavy atom. The maximum absolute atomic E-state index is 5.70. The first-order valence-electron chi connectivity index (χ1n) is 7.48. The average Bonchev–Trinajstić information content (AvgIpc) is 2.38. The van der Waals surface area contributed by atoms with Gasteiger partial charge in [-0.05, 0) is 35.4 Å². The van der Waals surface area contributed by atoms with Crippen molar-refractivity contribution in [3.8, 4) is 0 Å². The van der Waals surface area contributed by atoms with Crippen molar-refractivity contribution >= 4 is 0 Å². The highest BCUT2D eigenvalue weighted by atomic mass is 16.5. The maximum Gasteiger partial charge on any atom is 0.0721 e. The van der Waals surface area contributed by atoms with E-state index in [-0.39, 0.29) is 0 Å². The molecule has 106 valence electrons. The summed E-state index contributed by atoms with van der Waals surface area (Å²) in [5.41, 5.74) is 2.75. The van der Waals surface area contributed by atoms with E-state index in [2.05, 4.69) is 57.3 Å². The Morgan fingerprint density at radius 1 is 1.16 bits per heavy atom. The van der Waals surface area contributed by atoms with Crippen molar-refractivity contribution in [1.29, 1.82) is 0 Å². The molecule has 0 bridgehead atoms. The Balaban J connectivity index is 2.01. The number of fused-ring (bicyclic) bond motifs is 1. The van der Waals surface area contributed by atoms with Crippen molar-refractivity contribution in [1.82, 2.24) is 5.32 Å². The minimum absolute atomic E-state index is 0.352. The van der Waals surface area contributed by atoms with Crippen LogP contribution in [0.4, 0.5) is 0 Å². The van der Waals surface area contributed by atoms with Crippen LogP contribution in [-0.2, 0) is 11.3 Å². The molecule has 2 heteroatoms. The maximum atomic E-state index is 5.70. The lowest BCUT2D eigenvalue weighted by Gasteiger charge is -2.31. The quantitative estimate of drug-likeness (QED) is 0.871. The normalized spacial score (nSPS) is 19.2. The Labute approximate surface area is 117 Å². The van der Waals surface area contributed by atoms with Gasteiger partial charge in [0, 0.05) is 0 Å². The van der Waals surface area contributed by atoms with Crippen molar-refractivity contribution in [2.45, 2.75) is 40.3 Å². The molecule has 19 heavy (non-hydrogen) atoms. The average molecular weight is 261 g/mol. The van der Waals surface area contributed by atoms with Crippen LogP contribution in [0.15, 0.2) is 24.3 Å². The van der Waals surface area contributed by atoms with E-state index in [0.29, 0.717) is 23.8 Å². The fourth-order valence-corrected chi connectivity index (χ4v) is 3.07. The Kier molecular flexibility index (Phi) is 5.00. The Bertz CT molecular complexity index is 392. The van der Waals surface area contributed by atoms with E-state index in [0.717, 1.165) is 19.8 Å². The molecule has 1 atom stereocenters. The molecule has 1 aromatic rings. The first-order valence-corrected chi connectivity index (χ1v) is 7.48. The number of nitrogens with one attached hydrogen (secondary N) is 1. The van der Waals surface area contributed by atoms with Gasteiger partial charge in [0.25, 0.3) is 0 Å². The molecule has 1 N–H and O–H groups in total. The SMILES string of the molecule is CC(C)C(CNC1COCc2ccccc21)C(C)C. The standard InChI is InChI=1S/C17H27NO/c1-12(2)16(13(3)4)9-18-17-11-19-10-14-7-5-6-8-15(14)17/h5-8,12-13,16-18H,9-11H2,1-4H3. The topological polar surface area (TPSA) is 21.3 Å². The molecule has 0 fully saturated rings. The summed E-state index contributed by atoms with van der Waals surface area (Å²) in [6, 6.07) is 8.97. The van der Waals surface area contributed by atoms with Gasteiger partial charge in [0.05, 0.1) is 19.3 Å². The molecule has 1 unspecified atom stereocenters. The van der Waals surface area contributed by atoms with Gasteiger partial charge in [0.15, 0.2) is 0 Å². The molecule has 0 radical (unpaired) electrons. The molecule has 1 aliphatic heterocycles. The summed E-state index contributed by atoms with van der Waals surface area (Å²) in [7, 11) is 0. The molecule has 0 amide bonds. The highest BCUT2D eigenvalue weighted by Crippen LogP contribution is 2.26. The largest absolute Gasteiger partial charge is 0.375 e. The third-order valence-electron chi connectivity index (χ3n) is 4.29. The molecule has 0 spiro atoms. The van der Waals surface area contributed by atoms with Gasteiger partial charge in [-0.25, -0.2) is 0 Å². The molecule has 0 aromatic heterocycles. The lowest BCUT2D eigenvalue weighted by atomic mass is 9.85. The van der Waals surface area contributed by atoms with Gasteiger partial charge in [0.1, 0.15) is 0 Å². The van der Waals surface area contributed by atoms with Gasteiger partial charge in [-0.15, -0.1) is 0 Å². The number of benzene rings is 1. The van der Waals surface area contributed by atoms with Crippen LogP contribution in [0.1, 0.15) is 44.9 Å². The molecule has 1 aromatic carbocycles. The van der Waals surface area contributed by atoms with Gasteiger partial charge in [-0.1, -0.05) is 52.0 Å². The third kappa shape index (κ3) is 3.58. The summed E-state index contributed by atoms with van der Waals surface area (Å²) < 4.78 is 5.70. The summed E-state index contributed by atoms with van der Waals surface area (Å²) in [5, 5.41) is 3.72. The van der Waals surface area contributed by atoms with E-state index >= 15 is 0 Å². The van der Waals surface area contributed by atoms with Crippen LogP contribution >= 0.6 is 0 Å². The van der Waals surface area contributed by atoms with E-state index in [1.54, 1.807) is 0 Å². The van der Waals surface area contributed by atoms with Gasteiger partial charge in [-0.2, -0.15) is 0 Å². The van der Waals surface area contributed by atoms with Crippen molar-refractivity contribution in [3.05, 3.63) is 35.4 Å². The van der Waals surface area contributed by atoms with E-state index in [1.807, 2.05) is 0 Å². The molecular formula is C17H27NO. The molecular weight excluding hydrogens is 234 g/mol. The number of rotatable bonds is 5. The van der Waals surface area contributed by atoms with Gasteiger partial charge in [0.2, 0.25) is 0 Å². The van der Waals surface area contributed by atoms with Crippen molar-refractivity contribution in [2.75, 3.05) is 13.2 Å². The van der Waals surface area contributed by atoms with E-state index in [9.17, 15) is 0 Å². The van der Waals surface area contributed by atoms with E-state index in [1.165, 1.54) is 11.1 Å². The predicted molar refractivity (Wildman–Crippen MR) is 80.0 cm³/mol. The van der Waals surface area contributed by atoms with Crippen LogP contribution in [0.25, 0.3) is 0 Å². The Morgan fingerprint density at radius 2 is 1.84 bits per heavy atom. The molecule has 1 heterocycles.